The molecule has 0 atom stereocenters. The molecule has 0 fully saturated rings. The molecular formula is C19H25ClO2. The van der Waals surface area contributed by atoms with Gasteiger partial charge in [-0.2, -0.15) is 0 Å². The van der Waals surface area contributed by atoms with E-state index >= 15 is 0 Å². The number of allylic oxidation sites excluding steroid dienone is 3. The number of rotatable bonds is 3. The molecule has 2 nitrogen and oxygen atoms in total. The average Bonchev–Trinajstić information content (AvgIpc) is 2.56. The molecule has 1 N–H and O–H groups in total. The van der Waals surface area contributed by atoms with Gasteiger partial charge < -0.3 is 5.11 Å². The molecule has 1 rings (SSSR count). The van der Waals surface area contributed by atoms with Crippen molar-refractivity contribution in [3.05, 3.63) is 91.5 Å². The first-order valence-electron chi connectivity index (χ1n) is 6.43. The summed E-state index contributed by atoms with van der Waals surface area (Å²) in [5.74, 6) is -0.845. The second kappa shape index (κ2) is 21.0. The summed E-state index contributed by atoms with van der Waals surface area (Å²) in [6.07, 6.45) is 6.67. The standard InChI is InChI=1S/C8H8.C5H8O2.C4H6.C2H3Cl/c1-2-8-6-4-3-5-7-8;1-3-4(2)5(6)7;1-3-4-2;1-2-3/h2-7H,1H2;3H,1-2H3,(H,6,7);3-4H,1-2H2;2H,1H2. The molecule has 22 heavy (non-hydrogen) atoms. The van der Waals surface area contributed by atoms with Gasteiger partial charge in [0.05, 0.1) is 0 Å². The highest BCUT2D eigenvalue weighted by Crippen LogP contribution is 1.97. The van der Waals surface area contributed by atoms with Gasteiger partial charge in [-0.25, -0.2) is 4.79 Å². The number of aliphatic carboxylic acids is 1. The van der Waals surface area contributed by atoms with E-state index in [9.17, 15) is 4.79 Å². The van der Waals surface area contributed by atoms with E-state index < -0.39 is 5.97 Å². The summed E-state index contributed by atoms with van der Waals surface area (Å²) in [6.45, 7) is 16.7. The van der Waals surface area contributed by atoms with E-state index in [1.165, 1.54) is 11.1 Å². The molecule has 0 saturated carbocycles. The van der Waals surface area contributed by atoms with E-state index in [4.69, 9.17) is 16.7 Å². The van der Waals surface area contributed by atoms with E-state index in [0.717, 1.165) is 0 Å². The summed E-state index contributed by atoms with van der Waals surface area (Å²) in [4.78, 5) is 9.86. The van der Waals surface area contributed by atoms with Gasteiger partial charge in [0.2, 0.25) is 0 Å². The van der Waals surface area contributed by atoms with E-state index in [2.05, 4.69) is 26.3 Å². The van der Waals surface area contributed by atoms with Crippen molar-refractivity contribution < 1.29 is 9.90 Å². The maximum atomic E-state index is 9.86. The number of hydrogen-bond acceptors (Lipinski definition) is 1. The molecule has 0 bridgehead atoms. The monoisotopic (exact) mass is 320 g/mol. The zero-order valence-electron chi connectivity index (χ0n) is 13.3. The largest absolute Gasteiger partial charge is 0.478 e. The van der Waals surface area contributed by atoms with Crippen LogP contribution in [0.15, 0.2) is 86.0 Å². The highest BCUT2D eigenvalue weighted by Gasteiger charge is 1.93. The predicted octanol–water partition coefficient (Wildman–Crippen LogP) is 6.09. The van der Waals surface area contributed by atoms with Crippen LogP contribution in [0.2, 0.25) is 0 Å². The Morgan fingerprint density at radius 1 is 1.09 bits per heavy atom. The SMILES string of the molecule is C=CC=C.C=CCl.C=Cc1ccccc1.CC=C(C)C(=O)O. The van der Waals surface area contributed by atoms with Gasteiger partial charge in [0.1, 0.15) is 0 Å². The number of benzene rings is 1. The first-order chi connectivity index (χ1) is 10.4. The van der Waals surface area contributed by atoms with Crippen LogP contribution in [0.4, 0.5) is 0 Å². The minimum absolute atomic E-state index is 0.389. The van der Waals surface area contributed by atoms with E-state index in [1.54, 1.807) is 32.1 Å². The summed E-state index contributed by atoms with van der Waals surface area (Å²) in [7, 11) is 0. The van der Waals surface area contributed by atoms with Crippen molar-refractivity contribution in [1.82, 2.24) is 0 Å². The van der Waals surface area contributed by atoms with Crippen LogP contribution >= 0.6 is 11.6 Å². The first kappa shape index (κ1) is 24.7. The van der Waals surface area contributed by atoms with Crippen molar-refractivity contribution in [1.29, 1.82) is 0 Å². The van der Waals surface area contributed by atoms with Crippen molar-refractivity contribution in [3.63, 3.8) is 0 Å². The van der Waals surface area contributed by atoms with Gasteiger partial charge in [0.15, 0.2) is 0 Å². The fraction of sp³-hybridized carbons (Fsp3) is 0.105. The molecular weight excluding hydrogens is 296 g/mol. The highest BCUT2D eigenvalue weighted by molar-refractivity contribution is 6.25. The van der Waals surface area contributed by atoms with Crippen molar-refractivity contribution in [3.8, 4) is 0 Å². The lowest BCUT2D eigenvalue weighted by Gasteiger charge is -1.85. The van der Waals surface area contributed by atoms with Crippen molar-refractivity contribution in [2.75, 3.05) is 0 Å². The van der Waals surface area contributed by atoms with Gasteiger partial charge in [-0.05, 0) is 24.9 Å². The normalized spacial score (nSPS) is 8.23. The van der Waals surface area contributed by atoms with Crippen LogP contribution in [0, 0.1) is 0 Å². The van der Waals surface area contributed by atoms with Crippen LogP contribution in [0.5, 0.6) is 0 Å². The lowest BCUT2D eigenvalue weighted by atomic mass is 10.2. The van der Waals surface area contributed by atoms with Crippen LogP contribution < -0.4 is 0 Å². The van der Waals surface area contributed by atoms with Gasteiger partial charge in [-0.15, -0.1) is 0 Å². The van der Waals surface area contributed by atoms with Crippen molar-refractivity contribution >= 4 is 23.6 Å². The number of hydrogen-bond donors (Lipinski definition) is 1. The second-order valence-corrected chi connectivity index (χ2v) is 3.83. The molecule has 3 heteroatoms. The third-order valence-corrected chi connectivity index (χ3v) is 1.97. The molecule has 0 aliphatic rings. The molecule has 0 aliphatic carbocycles. The van der Waals surface area contributed by atoms with Crippen molar-refractivity contribution in [2.24, 2.45) is 0 Å². The first-order valence-corrected chi connectivity index (χ1v) is 6.86. The van der Waals surface area contributed by atoms with Crippen LogP contribution in [0.1, 0.15) is 19.4 Å². The summed E-state index contributed by atoms with van der Waals surface area (Å²) in [5.41, 5.74) is 2.78. The van der Waals surface area contributed by atoms with Crippen LogP contribution in [0.3, 0.4) is 0 Å². The van der Waals surface area contributed by atoms with Gasteiger partial charge in [0.25, 0.3) is 0 Å². The van der Waals surface area contributed by atoms with Gasteiger partial charge >= 0.3 is 5.97 Å². The number of carbonyl (C=O) groups is 1. The predicted molar refractivity (Wildman–Crippen MR) is 100 cm³/mol. The molecule has 0 amide bonds. The van der Waals surface area contributed by atoms with E-state index in [-0.39, 0.29) is 0 Å². The highest BCUT2D eigenvalue weighted by atomic mass is 35.5. The second-order valence-electron chi connectivity index (χ2n) is 3.52. The zero-order chi connectivity index (χ0) is 17.8. The molecule has 0 aromatic heterocycles. The molecule has 1 aromatic rings. The smallest absolute Gasteiger partial charge is 0.330 e. The molecule has 0 aliphatic heterocycles. The molecule has 0 radical (unpaired) electrons. The van der Waals surface area contributed by atoms with Crippen molar-refractivity contribution in [2.45, 2.75) is 13.8 Å². The Morgan fingerprint density at radius 3 is 1.64 bits per heavy atom. The lowest BCUT2D eigenvalue weighted by molar-refractivity contribution is -0.132. The topological polar surface area (TPSA) is 37.3 Å². The summed E-state index contributed by atoms with van der Waals surface area (Å²) < 4.78 is 0. The Morgan fingerprint density at radius 2 is 1.50 bits per heavy atom. The van der Waals surface area contributed by atoms with Gasteiger partial charge in [-0.3, -0.25) is 0 Å². The molecule has 120 valence electrons. The lowest BCUT2D eigenvalue weighted by Crippen LogP contribution is -1.93. The summed E-state index contributed by atoms with van der Waals surface area (Å²) in [5, 5.41) is 8.11. The number of carboxylic acids is 1. The Labute approximate surface area is 139 Å². The van der Waals surface area contributed by atoms with Crippen LogP contribution in [-0.4, -0.2) is 11.1 Å². The third-order valence-electron chi connectivity index (χ3n) is 1.97. The fourth-order valence-corrected chi connectivity index (χ4v) is 0.713. The summed E-state index contributed by atoms with van der Waals surface area (Å²) >= 11 is 4.76. The zero-order valence-corrected chi connectivity index (χ0v) is 14.1. The van der Waals surface area contributed by atoms with Gasteiger partial charge in [-0.1, -0.05) is 92.6 Å². The van der Waals surface area contributed by atoms with E-state index in [1.807, 2.05) is 36.4 Å². The quantitative estimate of drug-likeness (QED) is 0.540. The minimum Gasteiger partial charge on any atom is -0.478 e. The Bertz CT molecular complexity index is 454. The molecule has 0 saturated heterocycles. The minimum atomic E-state index is -0.845. The third kappa shape index (κ3) is 22.8. The molecule has 0 heterocycles. The van der Waals surface area contributed by atoms with Crippen LogP contribution in [-0.2, 0) is 4.79 Å². The van der Waals surface area contributed by atoms with Gasteiger partial charge in [0, 0.05) is 5.57 Å². The number of halogens is 1. The number of carboxylic acid groups (broad SMARTS) is 1. The molecule has 0 unspecified atom stereocenters. The average molecular weight is 321 g/mol. The maximum absolute atomic E-state index is 9.86. The summed E-state index contributed by atoms with van der Waals surface area (Å²) in [6, 6.07) is 10.0. The Kier molecular flexibility index (Phi) is 23.5. The molecule has 0 spiro atoms. The maximum Gasteiger partial charge on any atom is 0.330 e. The fourth-order valence-electron chi connectivity index (χ4n) is 0.713. The Balaban J connectivity index is -0.000000236. The van der Waals surface area contributed by atoms with E-state index in [0.29, 0.717) is 5.57 Å². The van der Waals surface area contributed by atoms with Crippen LogP contribution in [0.25, 0.3) is 6.08 Å². The molecule has 1 aromatic carbocycles. The Hall–Kier alpha value is -2.32.